The van der Waals surface area contributed by atoms with Crippen LogP contribution in [-0.2, 0) is 20.9 Å². The van der Waals surface area contributed by atoms with Gasteiger partial charge >= 0.3 is 0 Å². The van der Waals surface area contributed by atoms with Crippen molar-refractivity contribution in [3.63, 3.8) is 0 Å². The Balaban J connectivity index is 1.48. The van der Waals surface area contributed by atoms with Crippen molar-refractivity contribution in [1.29, 1.82) is 0 Å². The number of hydrogen-bond donors (Lipinski definition) is 0. The molecule has 2 aliphatic rings. The standard InChI is InChI=1S/C24H29N3O3S/c1-2-30-16-7-11-27-23(28)21(20-10-6-17-31-20)22(24(27)29)26-14-12-25(13-15-26)18-19-8-4-3-5-9-19/h3-6,8-10,17H,2,7,11-16,18H2,1H3. The summed E-state index contributed by atoms with van der Waals surface area (Å²) < 4.78 is 5.39. The molecule has 0 radical (unpaired) electrons. The highest BCUT2D eigenvalue weighted by Crippen LogP contribution is 2.34. The first kappa shape index (κ1) is 21.7. The molecule has 2 aliphatic heterocycles. The highest BCUT2D eigenvalue weighted by molar-refractivity contribution is 7.11. The Kier molecular flexibility index (Phi) is 7.17. The molecule has 1 fully saturated rings. The van der Waals surface area contributed by atoms with E-state index in [4.69, 9.17) is 4.74 Å². The predicted molar refractivity (Wildman–Crippen MR) is 122 cm³/mol. The van der Waals surface area contributed by atoms with E-state index in [2.05, 4.69) is 34.1 Å². The van der Waals surface area contributed by atoms with E-state index in [0.717, 1.165) is 37.6 Å². The second kappa shape index (κ2) is 10.2. The smallest absolute Gasteiger partial charge is 0.277 e. The first-order valence-corrected chi connectivity index (χ1v) is 11.8. The van der Waals surface area contributed by atoms with Gasteiger partial charge in [0.25, 0.3) is 11.8 Å². The molecule has 0 spiro atoms. The molecule has 0 unspecified atom stereocenters. The largest absolute Gasteiger partial charge is 0.382 e. The molecule has 0 aliphatic carbocycles. The van der Waals surface area contributed by atoms with Gasteiger partial charge in [0.1, 0.15) is 5.70 Å². The van der Waals surface area contributed by atoms with Gasteiger partial charge in [0.15, 0.2) is 0 Å². The van der Waals surface area contributed by atoms with Gasteiger partial charge in [0.2, 0.25) is 0 Å². The van der Waals surface area contributed by atoms with Gasteiger partial charge in [0.05, 0.1) is 5.57 Å². The summed E-state index contributed by atoms with van der Waals surface area (Å²) in [5.74, 6) is -0.341. The molecule has 164 valence electrons. The third kappa shape index (κ3) is 4.89. The molecule has 0 atom stereocenters. The fourth-order valence-electron chi connectivity index (χ4n) is 4.14. The Morgan fingerprint density at radius 1 is 0.968 bits per heavy atom. The van der Waals surface area contributed by atoms with Crippen molar-refractivity contribution in [3.05, 3.63) is 64.0 Å². The van der Waals surface area contributed by atoms with Crippen LogP contribution >= 0.6 is 11.3 Å². The van der Waals surface area contributed by atoms with Crippen LogP contribution < -0.4 is 0 Å². The fraction of sp³-hybridized carbons (Fsp3) is 0.417. The molecule has 1 aromatic carbocycles. The summed E-state index contributed by atoms with van der Waals surface area (Å²) >= 11 is 1.51. The maximum Gasteiger partial charge on any atom is 0.277 e. The van der Waals surface area contributed by atoms with Crippen LogP contribution in [0.4, 0.5) is 0 Å². The van der Waals surface area contributed by atoms with Crippen molar-refractivity contribution in [3.8, 4) is 0 Å². The third-order valence-corrected chi connectivity index (χ3v) is 6.61. The lowest BCUT2D eigenvalue weighted by Crippen LogP contribution is -2.47. The first-order chi connectivity index (χ1) is 15.2. The molecule has 0 N–H and O–H groups in total. The maximum absolute atomic E-state index is 13.3. The third-order valence-electron chi connectivity index (χ3n) is 5.72. The summed E-state index contributed by atoms with van der Waals surface area (Å²) in [4.78, 5) is 33.3. The Morgan fingerprint density at radius 3 is 2.42 bits per heavy atom. The van der Waals surface area contributed by atoms with Gasteiger partial charge in [-0.15, -0.1) is 11.3 Å². The van der Waals surface area contributed by atoms with Crippen molar-refractivity contribution >= 4 is 28.7 Å². The zero-order chi connectivity index (χ0) is 21.6. The molecule has 2 aromatic rings. The van der Waals surface area contributed by atoms with E-state index in [0.29, 0.717) is 37.4 Å². The van der Waals surface area contributed by atoms with Crippen molar-refractivity contribution in [2.75, 3.05) is 45.9 Å². The van der Waals surface area contributed by atoms with Gasteiger partial charge in [-0.2, -0.15) is 0 Å². The Bertz CT molecular complexity index is 919. The number of carbonyl (C=O) groups excluding carboxylic acids is 2. The number of benzene rings is 1. The molecule has 0 saturated carbocycles. The maximum atomic E-state index is 13.3. The quantitative estimate of drug-likeness (QED) is 0.444. The van der Waals surface area contributed by atoms with Crippen LogP contribution in [-0.4, -0.2) is 72.5 Å². The average Bonchev–Trinajstić information content (AvgIpc) is 3.40. The molecule has 0 bridgehead atoms. The number of ether oxygens (including phenoxy) is 1. The van der Waals surface area contributed by atoms with Crippen molar-refractivity contribution in [1.82, 2.24) is 14.7 Å². The minimum Gasteiger partial charge on any atom is -0.382 e. The molecule has 31 heavy (non-hydrogen) atoms. The number of piperazine rings is 1. The van der Waals surface area contributed by atoms with Crippen LogP contribution in [0.5, 0.6) is 0 Å². The van der Waals surface area contributed by atoms with Gasteiger partial charge in [-0.05, 0) is 30.4 Å². The monoisotopic (exact) mass is 439 g/mol. The normalized spacial score (nSPS) is 17.8. The van der Waals surface area contributed by atoms with Crippen LogP contribution in [0.1, 0.15) is 23.8 Å². The van der Waals surface area contributed by atoms with E-state index in [1.165, 1.54) is 21.8 Å². The predicted octanol–water partition coefficient (Wildman–Crippen LogP) is 3.07. The zero-order valence-corrected chi connectivity index (χ0v) is 18.8. The summed E-state index contributed by atoms with van der Waals surface area (Å²) in [7, 11) is 0. The van der Waals surface area contributed by atoms with Crippen molar-refractivity contribution in [2.45, 2.75) is 19.9 Å². The number of imide groups is 1. The van der Waals surface area contributed by atoms with E-state index in [-0.39, 0.29) is 11.8 Å². The van der Waals surface area contributed by atoms with Gasteiger partial charge in [-0.25, -0.2) is 0 Å². The summed E-state index contributed by atoms with van der Waals surface area (Å²) in [6.45, 7) is 7.63. The summed E-state index contributed by atoms with van der Waals surface area (Å²) in [6, 6.07) is 14.3. The number of nitrogens with zero attached hydrogens (tertiary/aromatic N) is 3. The van der Waals surface area contributed by atoms with Gasteiger partial charge < -0.3 is 9.64 Å². The summed E-state index contributed by atoms with van der Waals surface area (Å²) in [5.41, 5.74) is 2.43. The highest BCUT2D eigenvalue weighted by atomic mass is 32.1. The second-order valence-corrected chi connectivity index (χ2v) is 8.71. The second-order valence-electron chi connectivity index (χ2n) is 7.76. The van der Waals surface area contributed by atoms with Gasteiger partial charge in [-0.1, -0.05) is 36.4 Å². The fourth-order valence-corrected chi connectivity index (χ4v) is 4.91. The van der Waals surface area contributed by atoms with Crippen LogP contribution in [0.2, 0.25) is 0 Å². The lowest BCUT2D eigenvalue weighted by Gasteiger charge is -2.36. The Labute approximate surface area is 187 Å². The van der Waals surface area contributed by atoms with E-state index >= 15 is 0 Å². The molecule has 7 heteroatoms. The minimum atomic E-state index is -0.175. The lowest BCUT2D eigenvalue weighted by atomic mass is 10.1. The van der Waals surface area contributed by atoms with Crippen LogP contribution in [0.15, 0.2) is 53.5 Å². The summed E-state index contributed by atoms with van der Waals surface area (Å²) in [5, 5.41) is 1.95. The van der Waals surface area contributed by atoms with Crippen LogP contribution in [0, 0.1) is 0 Å². The zero-order valence-electron chi connectivity index (χ0n) is 18.0. The number of carbonyl (C=O) groups is 2. The molecular weight excluding hydrogens is 410 g/mol. The molecule has 1 saturated heterocycles. The van der Waals surface area contributed by atoms with E-state index in [1.54, 1.807) is 0 Å². The molecule has 6 nitrogen and oxygen atoms in total. The molecular formula is C24H29N3O3S. The number of thiophene rings is 1. The minimum absolute atomic E-state index is 0.165. The van der Waals surface area contributed by atoms with E-state index in [9.17, 15) is 9.59 Å². The van der Waals surface area contributed by atoms with Gasteiger partial charge in [-0.3, -0.25) is 19.4 Å². The van der Waals surface area contributed by atoms with Crippen LogP contribution in [0.3, 0.4) is 0 Å². The first-order valence-electron chi connectivity index (χ1n) is 10.9. The Hall–Kier alpha value is -2.48. The lowest BCUT2D eigenvalue weighted by molar-refractivity contribution is -0.137. The molecule has 1 aromatic heterocycles. The molecule has 3 heterocycles. The molecule has 2 amide bonds. The average molecular weight is 440 g/mol. The topological polar surface area (TPSA) is 53.1 Å². The number of hydrogen-bond acceptors (Lipinski definition) is 6. The Morgan fingerprint density at radius 2 is 1.74 bits per heavy atom. The molecule has 4 rings (SSSR count). The number of amides is 2. The highest BCUT2D eigenvalue weighted by Gasteiger charge is 2.42. The van der Waals surface area contributed by atoms with E-state index < -0.39 is 0 Å². The SMILES string of the molecule is CCOCCCN1C(=O)C(c2cccs2)=C(N2CCN(Cc3ccccc3)CC2)C1=O. The number of rotatable bonds is 9. The summed E-state index contributed by atoms with van der Waals surface area (Å²) in [6.07, 6.45) is 0.654. The van der Waals surface area contributed by atoms with E-state index in [1.807, 2.05) is 30.5 Å². The van der Waals surface area contributed by atoms with Crippen molar-refractivity contribution < 1.29 is 14.3 Å². The van der Waals surface area contributed by atoms with Gasteiger partial charge in [0, 0.05) is 57.4 Å². The van der Waals surface area contributed by atoms with Crippen LogP contribution in [0.25, 0.3) is 5.57 Å². The van der Waals surface area contributed by atoms with Crippen molar-refractivity contribution in [2.24, 2.45) is 0 Å².